The second-order valence-electron chi connectivity index (χ2n) is 3.72. The quantitative estimate of drug-likeness (QED) is 0.661. The van der Waals surface area contributed by atoms with Crippen molar-refractivity contribution in [2.24, 2.45) is 0 Å². The predicted octanol–water partition coefficient (Wildman–Crippen LogP) is 3.24. The number of carbonyl (C=O) groups excluding carboxylic acids is 1. The Hall–Kier alpha value is -1.98. The van der Waals surface area contributed by atoms with Crippen molar-refractivity contribution in [3.05, 3.63) is 42.0 Å². The van der Waals surface area contributed by atoms with E-state index in [1.807, 2.05) is 0 Å². The fourth-order valence-corrected chi connectivity index (χ4v) is 1.39. The van der Waals surface area contributed by atoms with E-state index in [1.54, 1.807) is 6.92 Å². The smallest absolute Gasteiger partial charge is 0.418 e. The van der Waals surface area contributed by atoms with Gasteiger partial charge in [0, 0.05) is 17.8 Å². The number of para-hydroxylation sites is 1. The maximum absolute atomic E-state index is 12.7. The first-order chi connectivity index (χ1) is 8.86. The van der Waals surface area contributed by atoms with Crippen LogP contribution >= 0.6 is 0 Å². The van der Waals surface area contributed by atoms with Crippen molar-refractivity contribution in [1.82, 2.24) is 0 Å². The SMILES string of the molecule is C=C(CNc1ccccc1C(F)(F)F)C(=O)OCC. The van der Waals surface area contributed by atoms with Gasteiger partial charge in [-0.3, -0.25) is 0 Å². The molecule has 0 aliphatic rings. The number of halogens is 3. The Kier molecular flexibility index (Phi) is 4.97. The monoisotopic (exact) mass is 273 g/mol. The van der Waals surface area contributed by atoms with Gasteiger partial charge in [0.1, 0.15) is 0 Å². The molecule has 104 valence electrons. The molecule has 6 heteroatoms. The molecule has 0 bridgehead atoms. The van der Waals surface area contributed by atoms with Crippen molar-refractivity contribution in [3.63, 3.8) is 0 Å². The van der Waals surface area contributed by atoms with E-state index >= 15 is 0 Å². The first-order valence-corrected chi connectivity index (χ1v) is 5.61. The van der Waals surface area contributed by atoms with Gasteiger partial charge in [-0.25, -0.2) is 4.79 Å². The van der Waals surface area contributed by atoms with Gasteiger partial charge < -0.3 is 10.1 Å². The van der Waals surface area contributed by atoms with Crippen molar-refractivity contribution in [2.75, 3.05) is 18.5 Å². The van der Waals surface area contributed by atoms with Gasteiger partial charge in [-0.2, -0.15) is 13.2 Å². The van der Waals surface area contributed by atoms with E-state index in [9.17, 15) is 18.0 Å². The van der Waals surface area contributed by atoms with Crippen molar-refractivity contribution in [1.29, 1.82) is 0 Å². The normalized spacial score (nSPS) is 10.9. The molecule has 0 atom stereocenters. The first kappa shape index (κ1) is 15.1. The number of nitrogens with one attached hydrogen (secondary N) is 1. The second kappa shape index (κ2) is 6.26. The van der Waals surface area contributed by atoms with Crippen molar-refractivity contribution in [3.8, 4) is 0 Å². The molecule has 0 aliphatic carbocycles. The lowest BCUT2D eigenvalue weighted by Crippen LogP contribution is -2.17. The Morgan fingerprint density at radius 1 is 1.37 bits per heavy atom. The number of alkyl halides is 3. The van der Waals surface area contributed by atoms with Gasteiger partial charge in [-0.15, -0.1) is 0 Å². The highest BCUT2D eigenvalue weighted by molar-refractivity contribution is 5.88. The van der Waals surface area contributed by atoms with Crippen LogP contribution in [-0.4, -0.2) is 19.1 Å². The molecular formula is C13H14F3NO2. The van der Waals surface area contributed by atoms with E-state index < -0.39 is 17.7 Å². The van der Waals surface area contributed by atoms with Crippen LogP contribution in [-0.2, 0) is 15.7 Å². The summed E-state index contributed by atoms with van der Waals surface area (Å²) in [4.78, 5) is 11.3. The Labute approximate surface area is 109 Å². The van der Waals surface area contributed by atoms with E-state index in [0.717, 1.165) is 6.07 Å². The zero-order chi connectivity index (χ0) is 14.5. The van der Waals surface area contributed by atoms with Crippen molar-refractivity contribution in [2.45, 2.75) is 13.1 Å². The molecule has 0 saturated carbocycles. The van der Waals surface area contributed by atoms with Gasteiger partial charge in [-0.1, -0.05) is 18.7 Å². The number of hydrogen-bond donors (Lipinski definition) is 1. The molecule has 1 rings (SSSR count). The van der Waals surface area contributed by atoms with Crippen LogP contribution in [0, 0.1) is 0 Å². The number of carbonyl (C=O) groups is 1. The summed E-state index contributed by atoms with van der Waals surface area (Å²) >= 11 is 0. The summed E-state index contributed by atoms with van der Waals surface area (Å²) in [5, 5.41) is 2.54. The number of hydrogen-bond acceptors (Lipinski definition) is 3. The minimum Gasteiger partial charge on any atom is -0.463 e. The van der Waals surface area contributed by atoms with Gasteiger partial charge >= 0.3 is 12.1 Å². The predicted molar refractivity (Wildman–Crippen MR) is 65.7 cm³/mol. The van der Waals surface area contributed by atoms with Gasteiger partial charge in [0.2, 0.25) is 0 Å². The summed E-state index contributed by atoms with van der Waals surface area (Å²) in [6, 6.07) is 5.04. The van der Waals surface area contributed by atoms with E-state index in [0.29, 0.717) is 0 Å². The molecule has 3 nitrogen and oxygen atoms in total. The van der Waals surface area contributed by atoms with Crippen LogP contribution in [0.2, 0.25) is 0 Å². The maximum atomic E-state index is 12.7. The van der Waals surface area contributed by atoms with Crippen LogP contribution in [0.4, 0.5) is 18.9 Å². The molecule has 0 aliphatic heterocycles. The number of anilines is 1. The lowest BCUT2D eigenvalue weighted by molar-refractivity contribution is -0.138. The highest BCUT2D eigenvalue weighted by atomic mass is 19.4. The Morgan fingerprint density at radius 2 is 2.00 bits per heavy atom. The Morgan fingerprint density at radius 3 is 2.58 bits per heavy atom. The fraction of sp³-hybridized carbons (Fsp3) is 0.308. The highest BCUT2D eigenvalue weighted by Gasteiger charge is 2.33. The first-order valence-electron chi connectivity index (χ1n) is 5.61. The van der Waals surface area contributed by atoms with Crippen LogP contribution in [0.25, 0.3) is 0 Å². The minimum absolute atomic E-state index is 0.0684. The van der Waals surface area contributed by atoms with Crippen LogP contribution in [0.15, 0.2) is 36.4 Å². The molecule has 19 heavy (non-hydrogen) atoms. The Balaban J connectivity index is 2.74. The van der Waals surface area contributed by atoms with Crippen LogP contribution in [0.3, 0.4) is 0 Å². The number of rotatable bonds is 5. The lowest BCUT2D eigenvalue weighted by atomic mass is 10.1. The highest BCUT2D eigenvalue weighted by Crippen LogP contribution is 2.34. The summed E-state index contributed by atoms with van der Waals surface area (Å²) in [7, 11) is 0. The van der Waals surface area contributed by atoms with Crippen LogP contribution in [0.1, 0.15) is 12.5 Å². The molecule has 0 fully saturated rings. The molecule has 0 aromatic heterocycles. The molecular weight excluding hydrogens is 259 g/mol. The average Bonchev–Trinajstić information content (AvgIpc) is 2.35. The molecule has 0 radical (unpaired) electrons. The summed E-state index contributed by atoms with van der Waals surface area (Å²) in [6.45, 7) is 5.18. The molecule has 0 unspecified atom stereocenters. The summed E-state index contributed by atoms with van der Waals surface area (Å²) < 4.78 is 42.8. The van der Waals surface area contributed by atoms with E-state index in [4.69, 9.17) is 0 Å². The third kappa shape index (κ3) is 4.31. The average molecular weight is 273 g/mol. The van der Waals surface area contributed by atoms with Crippen molar-refractivity contribution < 1.29 is 22.7 Å². The third-order valence-corrected chi connectivity index (χ3v) is 2.29. The zero-order valence-electron chi connectivity index (χ0n) is 10.4. The number of benzene rings is 1. The minimum atomic E-state index is -4.45. The number of esters is 1. The molecule has 0 amide bonds. The topological polar surface area (TPSA) is 38.3 Å². The molecule has 0 spiro atoms. The standard InChI is InChI=1S/C13H14F3NO2/c1-3-19-12(18)9(2)8-17-11-7-5-4-6-10(11)13(14,15)16/h4-7,17H,2-3,8H2,1H3. The third-order valence-electron chi connectivity index (χ3n) is 2.29. The van der Waals surface area contributed by atoms with Crippen LogP contribution in [0.5, 0.6) is 0 Å². The van der Waals surface area contributed by atoms with E-state index in [-0.39, 0.29) is 24.4 Å². The zero-order valence-corrected chi connectivity index (χ0v) is 10.4. The summed E-state index contributed by atoms with van der Waals surface area (Å²) in [5.41, 5.74) is -0.814. The molecule has 1 N–H and O–H groups in total. The maximum Gasteiger partial charge on any atom is 0.418 e. The van der Waals surface area contributed by atoms with Crippen molar-refractivity contribution >= 4 is 11.7 Å². The fourth-order valence-electron chi connectivity index (χ4n) is 1.39. The molecule has 0 saturated heterocycles. The second-order valence-corrected chi connectivity index (χ2v) is 3.72. The van der Waals surface area contributed by atoms with Gasteiger partial charge in [-0.05, 0) is 19.1 Å². The van der Waals surface area contributed by atoms with Gasteiger partial charge in [0.05, 0.1) is 12.2 Å². The molecule has 1 aromatic rings. The van der Waals surface area contributed by atoms with Gasteiger partial charge in [0.15, 0.2) is 0 Å². The molecule has 1 aromatic carbocycles. The number of ether oxygens (including phenoxy) is 1. The summed E-state index contributed by atoms with van der Waals surface area (Å²) in [6.07, 6.45) is -4.45. The molecule has 0 heterocycles. The Bertz CT molecular complexity index is 469. The largest absolute Gasteiger partial charge is 0.463 e. The van der Waals surface area contributed by atoms with Gasteiger partial charge in [0.25, 0.3) is 0 Å². The lowest BCUT2D eigenvalue weighted by Gasteiger charge is -2.14. The van der Waals surface area contributed by atoms with E-state index in [2.05, 4.69) is 16.6 Å². The summed E-state index contributed by atoms with van der Waals surface area (Å²) in [5.74, 6) is -0.625. The van der Waals surface area contributed by atoms with E-state index in [1.165, 1.54) is 18.2 Å². The van der Waals surface area contributed by atoms with Crippen LogP contribution < -0.4 is 5.32 Å².